The molecule has 2 aliphatic rings. The number of hydrogen-bond acceptors (Lipinski definition) is 4. The summed E-state index contributed by atoms with van der Waals surface area (Å²) in [6.45, 7) is 8.12. The summed E-state index contributed by atoms with van der Waals surface area (Å²) in [6.07, 6.45) is 2.76. The van der Waals surface area contributed by atoms with E-state index in [4.69, 9.17) is 4.98 Å². The molecule has 0 saturated carbocycles. The Morgan fingerprint density at radius 2 is 2.14 bits per heavy atom. The molecule has 0 aliphatic carbocycles. The molecule has 3 nitrogen and oxygen atoms in total. The summed E-state index contributed by atoms with van der Waals surface area (Å²) in [5.74, 6) is 0. The molecule has 3 heterocycles. The largest absolute Gasteiger partial charge is 0.298 e. The minimum absolute atomic E-state index is 0.795. The number of piperazine rings is 1. The molecule has 2 fully saturated rings. The number of aromatic nitrogens is 1. The Morgan fingerprint density at radius 3 is 3.05 bits per heavy atom. The van der Waals surface area contributed by atoms with E-state index in [2.05, 4.69) is 46.4 Å². The highest BCUT2D eigenvalue weighted by Gasteiger charge is 2.30. The van der Waals surface area contributed by atoms with E-state index in [1.54, 1.807) is 11.3 Å². The van der Waals surface area contributed by atoms with E-state index in [1.807, 2.05) is 0 Å². The van der Waals surface area contributed by atoms with Gasteiger partial charge in [-0.25, -0.2) is 4.98 Å². The van der Waals surface area contributed by atoms with Crippen LogP contribution < -0.4 is 0 Å². The fourth-order valence-corrected chi connectivity index (χ4v) is 4.65. The molecule has 22 heavy (non-hydrogen) atoms. The van der Waals surface area contributed by atoms with Crippen LogP contribution in [0.1, 0.15) is 24.1 Å². The highest BCUT2D eigenvalue weighted by Crippen LogP contribution is 2.28. The van der Waals surface area contributed by atoms with E-state index < -0.39 is 0 Å². The summed E-state index contributed by atoms with van der Waals surface area (Å²) in [4.78, 5) is 10.1. The molecule has 1 aromatic heterocycles. The van der Waals surface area contributed by atoms with Gasteiger partial charge < -0.3 is 0 Å². The molecule has 2 aliphatic heterocycles. The van der Waals surface area contributed by atoms with E-state index in [0.717, 1.165) is 17.6 Å². The van der Waals surface area contributed by atoms with Crippen LogP contribution in [0.3, 0.4) is 0 Å². The molecule has 1 atom stereocenters. The van der Waals surface area contributed by atoms with E-state index in [1.165, 1.54) is 55.8 Å². The molecular formula is C18H23N3S. The van der Waals surface area contributed by atoms with Gasteiger partial charge in [0, 0.05) is 43.2 Å². The van der Waals surface area contributed by atoms with Crippen molar-refractivity contribution in [2.24, 2.45) is 0 Å². The first kappa shape index (κ1) is 14.4. The van der Waals surface area contributed by atoms with Gasteiger partial charge in [-0.3, -0.25) is 9.80 Å². The van der Waals surface area contributed by atoms with Gasteiger partial charge in [-0.05, 0) is 31.9 Å². The van der Waals surface area contributed by atoms with Crippen LogP contribution in [0, 0.1) is 6.92 Å². The number of hydrogen-bond donors (Lipinski definition) is 0. The smallest absolute Gasteiger partial charge is 0.123 e. The zero-order valence-electron chi connectivity index (χ0n) is 13.2. The second-order valence-corrected chi connectivity index (χ2v) is 7.38. The Balaban J connectivity index is 1.45. The van der Waals surface area contributed by atoms with Crippen molar-refractivity contribution in [1.82, 2.24) is 14.8 Å². The van der Waals surface area contributed by atoms with Gasteiger partial charge in [0.25, 0.3) is 0 Å². The quantitative estimate of drug-likeness (QED) is 0.866. The van der Waals surface area contributed by atoms with Crippen molar-refractivity contribution in [1.29, 1.82) is 0 Å². The fraction of sp³-hybridized carbons (Fsp3) is 0.500. The first-order chi connectivity index (χ1) is 10.8. The Hall–Kier alpha value is -1.23. The lowest BCUT2D eigenvalue weighted by molar-refractivity contribution is 0.0986. The summed E-state index contributed by atoms with van der Waals surface area (Å²) in [5.41, 5.74) is 3.82. The average Bonchev–Trinajstić information content (AvgIpc) is 3.16. The third-order valence-corrected chi connectivity index (χ3v) is 5.91. The monoisotopic (exact) mass is 313 g/mol. The van der Waals surface area contributed by atoms with Crippen LogP contribution in [0.5, 0.6) is 0 Å². The summed E-state index contributed by atoms with van der Waals surface area (Å²) >= 11 is 1.78. The van der Waals surface area contributed by atoms with Gasteiger partial charge in [0.05, 0.1) is 5.69 Å². The number of aryl methyl sites for hydroxylation is 1. The third-order valence-electron chi connectivity index (χ3n) is 4.98. The van der Waals surface area contributed by atoms with Crippen molar-refractivity contribution in [2.75, 3.05) is 26.2 Å². The van der Waals surface area contributed by atoms with Gasteiger partial charge in [-0.2, -0.15) is 0 Å². The summed E-state index contributed by atoms with van der Waals surface area (Å²) in [6, 6.07) is 9.32. The number of rotatable bonds is 3. The van der Waals surface area contributed by atoms with Crippen molar-refractivity contribution >= 4 is 11.3 Å². The zero-order chi connectivity index (χ0) is 14.9. The maximum absolute atomic E-state index is 4.88. The van der Waals surface area contributed by atoms with Crippen molar-refractivity contribution in [3.05, 3.63) is 40.9 Å². The van der Waals surface area contributed by atoms with Crippen LogP contribution in [0.15, 0.2) is 29.6 Å². The van der Waals surface area contributed by atoms with Gasteiger partial charge >= 0.3 is 0 Å². The molecule has 0 radical (unpaired) electrons. The Morgan fingerprint density at radius 1 is 1.23 bits per heavy atom. The molecule has 2 aromatic rings. The van der Waals surface area contributed by atoms with Crippen molar-refractivity contribution in [2.45, 2.75) is 32.4 Å². The summed E-state index contributed by atoms with van der Waals surface area (Å²) in [5, 5.41) is 3.40. The van der Waals surface area contributed by atoms with Crippen LogP contribution in [0.25, 0.3) is 10.6 Å². The lowest BCUT2D eigenvalue weighted by Crippen LogP contribution is -2.49. The molecule has 1 aromatic carbocycles. The van der Waals surface area contributed by atoms with Crippen molar-refractivity contribution in [3.63, 3.8) is 0 Å². The highest BCUT2D eigenvalue weighted by atomic mass is 32.1. The Kier molecular flexibility index (Phi) is 3.99. The van der Waals surface area contributed by atoms with E-state index in [0.29, 0.717) is 0 Å². The molecule has 4 heteroatoms. The Labute approximate surface area is 136 Å². The first-order valence-corrected chi connectivity index (χ1v) is 9.14. The third kappa shape index (κ3) is 2.83. The lowest BCUT2D eigenvalue weighted by Gasteiger charge is -2.37. The molecule has 116 valence electrons. The molecule has 0 spiro atoms. The standard InChI is InChI=1S/C18H23N3S/c1-14-5-2-3-7-17(14)18-19-15(13-22-18)11-20-9-10-21-8-4-6-16(21)12-20/h2-3,5,7,13,16H,4,6,8-12H2,1H3/t16-/m1/s1. The SMILES string of the molecule is Cc1ccccc1-c1nc(CN2CCN3CCC[C@@H]3C2)cs1. The second kappa shape index (κ2) is 6.11. The topological polar surface area (TPSA) is 19.4 Å². The molecule has 0 bridgehead atoms. The number of nitrogens with zero attached hydrogens (tertiary/aromatic N) is 3. The molecule has 0 unspecified atom stereocenters. The Bertz CT molecular complexity index is 651. The fourth-order valence-electron chi connectivity index (χ4n) is 3.74. The first-order valence-electron chi connectivity index (χ1n) is 8.26. The molecule has 4 rings (SSSR count). The summed E-state index contributed by atoms with van der Waals surface area (Å²) < 4.78 is 0. The predicted molar refractivity (Wildman–Crippen MR) is 92.2 cm³/mol. The minimum atomic E-state index is 0.795. The average molecular weight is 313 g/mol. The highest BCUT2D eigenvalue weighted by molar-refractivity contribution is 7.13. The van der Waals surface area contributed by atoms with Gasteiger partial charge in [-0.15, -0.1) is 11.3 Å². The normalized spacial score (nSPS) is 22.9. The molecule has 2 saturated heterocycles. The van der Waals surface area contributed by atoms with E-state index >= 15 is 0 Å². The maximum Gasteiger partial charge on any atom is 0.123 e. The van der Waals surface area contributed by atoms with Crippen LogP contribution >= 0.6 is 11.3 Å². The van der Waals surface area contributed by atoms with E-state index in [9.17, 15) is 0 Å². The number of fused-ring (bicyclic) bond motifs is 1. The lowest BCUT2D eigenvalue weighted by atomic mass is 10.1. The maximum atomic E-state index is 4.88. The molecule has 0 amide bonds. The molecule has 0 N–H and O–H groups in total. The number of benzene rings is 1. The molecular weight excluding hydrogens is 290 g/mol. The van der Waals surface area contributed by atoms with Crippen LogP contribution in [0.4, 0.5) is 0 Å². The van der Waals surface area contributed by atoms with Crippen LogP contribution in [-0.4, -0.2) is 47.0 Å². The second-order valence-electron chi connectivity index (χ2n) is 6.53. The minimum Gasteiger partial charge on any atom is -0.298 e. The van der Waals surface area contributed by atoms with E-state index in [-0.39, 0.29) is 0 Å². The van der Waals surface area contributed by atoms with Gasteiger partial charge in [-0.1, -0.05) is 24.3 Å². The summed E-state index contributed by atoms with van der Waals surface area (Å²) in [7, 11) is 0. The van der Waals surface area contributed by atoms with Gasteiger partial charge in [0.15, 0.2) is 0 Å². The van der Waals surface area contributed by atoms with Crippen LogP contribution in [-0.2, 0) is 6.54 Å². The predicted octanol–water partition coefficient (Wildman–Crippen LogP) is 3.40. The number of thiazole rings is 1. The van der Waals surface area contributed by atoms with Gasteiger partial charge in [0.1, 0.15) is 5.01 Å². The van der Waals surface area contributed by atoms with Crippen molar-refractivity contribution < 1.29 is 0 Å². The zero-order valence-corrected chi connectivity index (χ0v) is 14.0. The van der Waals surface area contributed by atoms with Crippen molar-refractivity contribution in [3.8, 4) is 10.6 Å². The van der Waals surface area contributed by atoms with Gasteiger partial charge in [0.2, 0.25) is 0 Å². The van der Waals surface area contributed by atoms with Crippen LogP contribution in [0.2, 0.25) is 0 Å².